The van der Waals surface area contributed by atoms with Gasteiger partial charge in [-0.2, -0.15) is 0 Å². The normalized spacial score (nSPS) is 11.4. The van der Waals surface area contributed by atoms with Gasteiger partial charge in [-0.3, -0.25) is 0 Å². The van der Waals surface area contributed by atoms with Gasteiger partial charge in [0.05, 0.1) is 13.2 Å². The van der Waals surface area contributed by atoms with E-state index in [2.05, 4.69) is 78.3 Å². The van der Waals surface area contributed by atoms with E-state index in [0.29, 0.717) is 23.1 Å². The summed E-state index contributed by atoms with van der Waals surface area (Å²) in [5.74, 6) is 1.83. The largest absolute Gasteiger partial charge is 0.445 e. The van der Waals surface area contributed by atoms with E-state index in [1.807, 2.05) is 4.90 Å². The average Bonchev–Trinajstić information content (AvgIpc) is 2.86. The van der Waals surface area contributed by atoms with Crippen LogP contribution in [0, 0.1) is 10.8 Å². The molecule has 3 aromatic carbocycles. The summed E-state index contributed by atoms with van der Waals surface area (Å²) in [6, 6.07) is 17.7. The highest BCUT2D eigenvalue weighted by atomic mass is 35.5. The van der Waals surface area contributed by atoms with Gasteiger partial charge in [-0.05, 0) is 44.2 Å². The topological polar surface area (TPSA) is 68.2 Å². The molecule has 4 rings (SSSR count). The second kappa shape index (κ2) is 13.8. The lowest BCUT2D eigenvalue weighted by Crippen LogP contribution is -2.29. The molecule has 0 saturated carbocycles. The molecular weight excluding hydrogens is 521 g/mol. The van der Waals surface area contributed by atoms with E-state index in [4.69, 9.17) is 38.2 Å². The molecule has 0 spiro atoms. The van der Waals surface area contributed by atoms with Crippen molar-refractivity contribution in [1.29, 1.82) is 0 Å². The van der Waals surface area contributed by atoms with Gasteiger partial charge in [0.25, 0.3) is 10.0 Å². The van der Waals surface area contributed by atoms with Gasteiger partial charge in [0, 0.05) is 84.6 Å². The maximum atomic E-state index is 8.87. The smallest absolute Gasteiger partial charge is 0.278 e. The number of aliphatic hydroxyl groups excluding tert-OH is 2. The van der Waals surface area contributed by atoms with Gasteiger partial charge in [-0.15, -0.1) is 0 Å². The number of benzene rings is 3. The lowest BCUT2D eigenvalue weighted by atomic mass is 10.2. The van der Waals surface area contributed by atoms with Crippen LogP contribution in [0.25, 0.3) is 0 Å². The van der Waals surface area contributed by atoms with Crippen molar-refractivity contribution in [2.75, 3.05) is 61.6 Å². The fourth-order valence-corrected chi connectivity index (χ4v) is 4.96. The van der Waals surface area contributed by atoms with Crippen LogP contribution in [-0.4, -0.2) is 56.7 Å². The van der Waals surface area contributed by atoms with Crippen molar-refractivity contribution in [3.05, 3.63) is 74.7 Å². The fourth-order valence-electron chi connectivity index (χ4n) is 3.60. The molecule has 0 aliphatic carbocycles. The molecule has 0 fully saturated rings. The highest BCUT2D eigenvalue weighted by Gasteiger charge is 2.31. The van der Waals surface area contributed by atoms with Crippen LogP contribution in [0.1, 0.15) is 13.8 Å². The van der Waals surface area contributed by atoms with E-state index in [1.54, 1.807) is 18.2 Å². The molecule has 0 radical (unpaired) electrons. The van der Waals surface area contributed by atoms with Crippen molar-refractivity contribution in [1.82, 2.24) is 0 Å². The highest BCUT2D eigenvalue weighted by molar-refractivity contribution is 6.35. The Balaban J connectivity index is 0.000000214. The summed E-state index contributed by atoms with van der Waals surface area (Å²) in [5.41, 5.74) is 3.07. The Morgan fingerprint density at radius 2 is 1.44 bits per heavy atom. The van der Waals surface area contributed by atoms with Crippen molar-refractivity contribution < 1.29 is 25.7 Å². The van der Waals surface area contributed by atoms with Crippen LogP contribution in [0.15, 0.2) is 54.6 Å². The minimum Gasteiger partial charge on any atom is -0.445 e. The second-order valence-corrected chi connectivity index (χ2v) is 9.94. The molecule has 1 heterocycles. The summed E-state index contributed by atoms with van der Waals surface area (Å²) in [4.78, 5) is 4.02. The van der Waals surface area contributed by atoms with Gasteiger partial charge in [-0.1, -0.05) is 23.2 Å². The number of aliphatic hydroxyl groups is 2. The Morgan fingerprint density at radius 3 is 2.03 bits per heavy atom. The molecule has 36 heavy (non-hydrogen) atoms. The van der Waals surface area contributed by atoms with Crippen molar-refractivity contribution in [3.63, 3.8) is 0 Å². The van der Waals surface area contributed by atoms with Crippen molar-refractivity contribution in [3.8, 4) is 11.5 Å². The van der Waals surface area contributed by atoms with E-state index in [9.17, 15) is 0 Å². The number of hydrogen-bond donors (Lipinski definition) is 3. The number of fused-ring (bicyclic) bond motifs is 2. The predicted octanol–water partition coefficient (Wildman–Crippen LogP) is 6.08. The van der Waals surface area contributed by atoms with Crippen LogP contribution in [0.3, 0.4) is 0 Å². The summed E-state index contributed by atoms with van der Waals surface area (Å²) in [6.07, 6.45) is 0. The molecule has 0 unspecified atom stereocenters. The van der Waals surface area contributed by atoms with Crippen LogP contribution in [0.5, 0.6) is 11.5 Å². The SMILES string of the molecule is CCNc1ccc2c(c1)Oc1cc(N(C)CC)ccc1[Cl+]2.OCCN(CCO)c1cc(Cl)cc(Cl)c1. The Labute approximate surface area is 227 Å². The average molecular weight is 554 g/mol. The second-order valence-electron chi connectivity index (χ2n) is 8.06. The Hall–Kier alpha value is -2.35. The number of rotatable bonds is 9. The van der Waals surface area contributed by atoms with Gasteiger partial charge in [0.15, 0.2) is 11.5 Å². The standard InChI is InChI=1S/C17H20ClN2O.C10H13Cl2NO2/c1-4-19-12-6-8-14-16(10-12)21-17-11-13(20(3)5-2)7-9-15(17)18-14;11-8-5-9(12)7-10(6-8)13(1-3-14)2-4-15/h6-11,19H,4-5H2,1-3H3;5-7,14-15H,1-4H2/q+1;. The number of nitrogens with one attached hydrogen (secondary N) is 1. The number of halogens is 3. The summed E-state index contributed by atoms with van der Waals surface area (Å²) in [5, 5.41) is 24.4. The lowest BCUT2D eigenvalue weighted by Gasteiger charge is -2.23. The summed E-state index contributed by atoms with van der Waals surface area (Å²) in [7, 11) is 4.41. The first kappa shape index (κ1) is 28.2. The quantitative estimate of drug-likeness (QED) is 0.233. The van der Waals surface area contributed by atoms with E-state index >= 15 is 0 Å². The van der Waals surface area contributed by atoms with Gasteiger partial charge < -0.3 is 30.1 Å². The Morgan fingerprint density at radius 1 is 0.833 bits per heavy atom. The fraction of sp³-hybridized carbons (Fsp3) is 0.333. The number of nitrogens with zero attached hydrogens (tertiary/aromatic N) is 2. The third-order valence-corrected chi connectivity index (χ3v) is 6.99. The molecule has 0 amide bonds. The zero-order valence-corrected chi connectivity index (χ0v) is 23.0. The van der Waals surface area contributed by atoms with Crippen molar-refractivity contribution >= 4 is 40.3 Å². The molecule has 0 aromatic heterocycles. The first-order chi connectivity index (χ1) is 17.4. The molecule has 1 aliphatic heterocycles. The predicted molar refractivity (Wildman–Crippen MR) is 147 cm³/mol. The van der Waals surface area contributed by atoms with Gasteiger partial charge in [0.1, 0.15) is 0 Å². The van der Waals surface area contributed by atoms with E-state index in [1.165, 1.54) is 5.69 Å². The number of anilines is 3. The Kier molecular flexibility index (Phi) is 10.8. The molecule has 0 bridgehead atoms. The van der Waals surface area contributed by atoms with Gasteiger partial charge in [-0.25, -0.2) is 0 Å². The van der Waals surface area contributed by atoms with E-state index in [0.717, 1.165) is 46.0 Å². The first-order valence-corrected chi connectivity index (χ1v) is 13.4. The monoisotopic (exact) mass is 552 g/mol. The highest BCUT2D eigenvalue weighted by Crippen LogP contribution is 2.42. The van der Waals surface area contributed by atoms with Crippen molar-refractivity contribution in [2.24, 2.45) is 0 Å². The molecule has 1 aliphatic rings. The zero-order valence-electron chi connectivity index (χ0n) is 20.8. The van der Waals surface area contributed by atoms with Crippen LogP contribution in [0.4, 0.5) is 17.1 Å². The minimum atomic E-state index is 0.0180. The Bertz CT molecular complexity index is 1120. The third kappa shape index (κ3) is 7.58. The molecule has 3 N–H and O–H groups in total. The minimum absolute atomic E-state index is 0.0180. The van der Waals surface area contributed by atoms with Crippen molar-refractivity contribution in [2.45, 2.75) is 13.8 Å². The summed E-state index contributed by atoms with van der Waals surface area (Å²) >= 11 is 11.7. The van der Waals surface area contributed by atoms with E-state index in [-0.39, 0.29) is 13.2 Å². The molecule has 0 atom stereocenters. The molecule has 9 heteroatoms. The maximum Gasteiger partial charge on any atom is 0.278 e. The lowest BCUT2D eigenvalue weighted by molar-refractivity contribution is -0.539. The number of hydrogen-bond acceptors (Lipinski definition) is 6. The number of ether oxygens (including phenoxy) is 1. The van der Waals surface area contributed by atoms with Gasteiger partial charge in [0.2, 0.25) is 10.8 Å². The summed E-state index contributed by atoms with van der Waals surface area (Å²) < 4.78 is 6.10. The molecule has 6 nitrogen and oxygen atoms in total. The summed E-state index contributed by atoms with van der Waals surface area (Å²) in [6.45, 7) is 7.03. The maximum absolute atomic E-state index is 8.87. The zero-order chi connectivity index (χ0) is 26.1. The van der Waals surface area contributed by atoms with Crippen LogP contribution < -0.4 is 19.9 Å². The van der Waals surface area contributed by atoms with Crippen LogP contribution in [0.2, 0.25) is 20.1 Å². The molecule has 3 aromatic rings. The van der Waals surface area contributed by atoms with E-state index < -0.39 is 0 Å². The molecule has 0 saturated heterocycles. The first-order valence-electron chi connectivity index (χ1n) is 11.9. The van der Waals surface area contributed by atoms with Crippen LogP contribution in [-0.2, 0) is 0 Å². The van der Waals surface area contributed by atoms with Crippen LogP contribution >= 0.6 is 23.2 Å². The molecular formula is C27H33Cl3N3O3+. The molecule has 194 valence electrons. The van der Waals surface area contributed by atoms with Gasteiger partial charge >= 0.3 is 0 Å². The third-order valence-electron chi connectivity index (χ3n) is 5.52.